The topological polar surface area (TPSA) is 81.5 Å². The van der Waals surface area contributed by atoms with Gasteiger partial charge in [0.25, 0.3) is 5.91 Å². The van der Waals surface area contributed by atoms with Crippen molar-refractivity contribution in [2.45, 2.75) is 13.8 Å². The van der Waals surface area contributed by atoms with Crippen LogP contribution in [0.5, 0.6) is 11.5 Å². The van der Waals surface area contributed by atoms with Gasteiger partial charge in [0.1, 0.15) is 10.7 Å². The number of carbonyl (C=O) groups excluding carboxylic acids is 1. The molecule has 6 nitrogen and oxygen atoms in total. The second-order valence-corrected chi connectivity index (χ2v) is 6.72. The Bertz CT molecular complexity index is 1010. The number of amides is 1. The number of hydrogen-bond acceptors (Lipinski definition) is 5. The predicted molar refractivity (Wildman–Crippen MR) is 101 cm³/mol. The lowest BCUT2D eigenvalue weighted by Crippen LogP contribution is -2.13. The fourth-order valence-corrected chi connectivity index (χ4v) is 3.27. The van der Waals surface area contributed by atoms with Gasteiger partial charge in [-0.05, 0) is 48.6 Å². The van der Waals surface area contributed by atoms with Crippen LogP contribution in [0.3, 0.4) is 0 Å². The summed E-state index contributed by atoms with van der Waals surface area (Å²) in [5, 5.41) is 15.6. The molecule has 27 heavy (non-hydrogen) atoms. The summed E-state index contributed by atoms with van der Waals surface area (Å²) in [5.74, 6) is -1.10. The monoisotopic (exact) mass is 386 g/mol. The number of carbonyl (C=O) groups is 1. The van der Waals surface area contributed by atoms with Gasteiger partial charge in [-0.25, -0.2) is 4.39 Å². The molecule has 0 saturated carbocycles. The summed E-state index contributed by atoms with van der Waals surface area (Å²) >= 11 is 1.14. The number of nitrogens with zero attached hydrogens (tertiary/aromatic N) is 1. The van der Waals surface area contributed by atoms with E-state index in [1.165, 1.54) is 6.07 Å². The molecular weight excluding hydrogens is 371 g/mol. The zero-order valence-corrected chi connectivity index (χ0v) is 15.3. The van der Waals surface area contributed by atoms with E-state index in [-0.39, 0.29) is 22.3 Å². The van der Waals surface area contributed by atoms with Crippen molar-refractivity contribution in [2.75, 3.05) is 5.32 Å². The Labute approximate surface area is 158 Å². The second kappa shape index (κ2) is 7.55. The molecule has 0 bridgehead atoms. The molecule has 8 heteroatoms. The zero-order valence-electron chi connectivity index (χ0n) is 14.5. The van der Waals surface area contributed by atoms with Gasteiger partial charge in [0.15, 0.2) is 5.75 Å². The first-order valence-electron chi connectivity index (χ1n) is 7.93. The number of nitro benzene ring substituents is 1. The van der Waals surface area contributed by atoms with Gasteiger partial charge in [-0.1, -0.05) is 18.2 Å². The number of halogens is 1. The van der Waals surface area contributed by atoms with E-state index in [1.807, 2.05) is 32.0 Å². The van der Waals surface area contributed by atoms with E-state index in [2.05, 4.69) is 5.32 Å². The molecule has 0 unspecified atom stereocenters. The Morgan fingerprint density at radius 1 is 1.15 bits per heavy atom. The maximum Gasteiger partial charge on any atom is 0.314 e. The van der Waals surface area contributed by atoms with Crippen molar-refractivity contribution in [2.24, 2.45) is 0 Å². The Morgan fingerprint density at radius 2 is 1.85 bits per heavy atom. The summed E-state index contributed by atoms with van der Waals surface area (Å²) in [6.07, 6.45) is 0. The molecule has 1 amide bonds. The summed E-state index contributed by atoms with van der Waals surface area (Å²) in [7, 11) is 0. The Hall–Kier alpha value is -3.26. The summed E-state index contributed by atoms with van der Waals surface area (Å²) in [6, 6.07) is 10.2. The van der Waals surface area contributed by atoms with E-state index in [4.69, 9.17) is 4.74 Å². The van der Waals surface area contributed by atoms with Gasteiger partial charge in [0.05, 0.1) is 11.0 Å². The van der Waals surface area contributed by atoms with Crippen molar-refractivity contribution in [3.05, 3.63) is 79.8 Å². The Kier molecular flexibility index (Phi) is 5.18. The number of nitrogens with one attached hydrogen (secondary N) is 1. The molecule has 0 aliphatic carbocycles. The fourth-order valence-electron chi connectivity index (χ4n) is 2.56. The van der Waals surface area contributed by atoms with Gasteiger partial charge in [0, 0.05) is 5.69 Å². The van der Waals surface area contributed by atoms with E-state index in [9.17, 15) is 19.3 Å². The van der Waals surface area contributed by atoms with Gasteiger partial charge >= 0.3 is 5.69 Å². The highest BCUT2D eigenvalue weighted by Crippen LogP contribution is 2.36. The molecular formula is C19H15FN2O4S. The minimum Gasteiger partial charge on any atom is -0.448 e. The normalized spacial score (nSPS) is 10.5. The van der Waals surface area contributed by atoms with Crippen molar-refractivity contribution >= 4 is 28.6 Å². The highest BCUT2D eigenvalue weighted by atomic mass is 32.1. The third-order valence-electron chi connectivity index (χ3n) is 3.89. The zero-order chi connectivity index (χ0) is 19.6. The number of aryl methyl sites for hydroxylation is 2. The summed E-state index contributed by atoms with van der Waals surface area (Å²) in [5.41, 5.74) is 2.02. The molecule has 138 valence electrons. The molecule has 3 aromatic rings. The molecule has 0 saturated heterocycles. The van der Waals surface area contributed by atoms with E-state index >= 15 is 0 Å². The molecule has 3 rings (SSSR count). The van der Waals surface area contributed by atoms with E-state index in [0.29, 0.717) is 5.69 Å². The van der Waals surface area contributed by atoms with Gasteiger partial charge in [-0.15, -0.1) is 11.3 Å². The summed E-state index contributed by atoms with van der Waals surface area (Å²) in [6.45, 7) is 3.77. The molecule has 1 N–H and O–H groups in total. The number of thiophene rings is 1. The maximum absolute atomic E-state index is 13.3. The van der Waals surface area contributed by atoms with Crippen LogP contribution in [0.25, 0.3) is 0 Å². The first kappa shape index (κ1) is 18.5. The fraction of sp³-hybridized carbons (Fsp3) is 0.105. The molecule has 2 aromatic carbocycles. The van der Waals surface area contributed by atoms with Crippen LogP contribution >= 0.6 is 11.3 Å². The highest BCUT2D eigenvalue weighted by Gasteiger charge is 2.21. The summed E-state index contributed by atoms with van der Waals surface area (Å²) < 4.78 is 18.8. The van der Waals surface area contributed by atoms with Crippen LogP contribution in [-0.4, -0.2) is 10.8 Å². The van der Waals surface area contributed by atoms with Gasteiger partial charge in [-0.2, -0.15) is 0 Å². The molecule has 1 aromatic heterocycles. The van der Waals surface area contributed by atoms with Crippen LogP contribution in [0.4, 0.5) is 15.8 Å². The number of nitro groups is 1. The minimum absolute atomic E-state index is 0.138. The average molecular weight is 386 g/mol. The number of rotatable bonds is 5. The van der Waals surface area contributed by atoms with E-state index < -0.39 is 16.4 Å². The molecule has 0 radical (unpaired) electrons. The average Bonchev–Trinajstić information content (AvgIpc) is 3.08. The van der Waals surface area contributed by atoms with Crippen molar-refractivity contribution in [1.82, 2.24) is 0 Å². The van der Waals surface area contributed by atoms with Crippen molar-refractivity contribution in [3.63, 3.8) is 0 Å². The highest BCUT2D eigenvalue weighted by molar-refractivity contribution is 7.12. The molecule has 0 aliphatic heterocycles. The largest absolute Gasteiger partial charge is 0.448 e. The first-order chi connectivity index (χ1) is 12.9. The number of benzene rings is 2. The molecule has 1 heterocycles. The molecule has 0 atom stereocenters. The number of anilines is 1. The first-order valence-corrected chi connectivity index (χ1v) is 8.81. The number of para-hydroxylation sites is 1. The van der Waals surface area contributed by atoms with Crippen LogP contribution in [0.1, 0.15) is 20.8 Å². The van der Waals surface area contributed by atoms with E-state index in [0.717, 1.165) is 40.7 Å². The van der Waals surface area contributed by atoms with Crippen LogP contribution < -0.4 is 10.1 Å². The lowest BCUT2D eigenvalue weighted by molar-refractivity contribution is -0.385. The van der Waals surface area contributed by atoms with Crippen LogP contribution in [0.15, 0.2) is 47.8 Å². The van der Waals surface area contributed by atoms with Crippen LogP contribution in [0, 0.1) is 29.8 Å². The number of ether oxygens (including phenoxy) is 1. The molecule has 0 aliphatic rings. The minimum atomic E-state index is -0.743. The maximum atomic E-state index is 13.3. The Morgan fingerprint density at radius 3 is 2.52 bits per heavy atom. The summed E-state index contributed by atoms with van der Waals surface area (Å²) in [4.78, 5) is 23.3. The van der Waals surface area contributed by atoms with Gasteiger partial charge in [0.2, 0.25) is 5.75 Å². The van der Waals surface area contributed by atoms with Crippen LogP contribution in [0.2, 0.25) is 0 Å². The third-order valence-corrected chi connectivity index (χ3v) is 4.79. The van der Waals surface area contributed by atoms with Crippen LogP contribution in [-0.2, 0) is 0 Å². The quantitative estimate of drug-likeness (QED) is 0.466. The smallest absolute Gasteiger partial charge is 0.314 e. The van der Waals surface area contributed by atoms with Gasteiger partial charge < -0.3 is 10.1 Å². The number of hydrogen-bond donors (Lipinski definition) is 1. The SMILES string of the molecule is Cc1cccc(C)c1NC(=O)c1sccc1Oc1ccc(F)cc1[N+](=O)[O-]. The lowest BCUT2D eigenvalue weighted by atomic mass is 10.1. The lowest BCUT2D eigenvalue weighted by Gasteiger charge is -2.12. The Balaban J connectivity index is 1.89. The third kappa shape index (κ3) is 3.95. The van der Waals surface area contributed by atoms with E-state index in [1.54, 1.807) is 5.38 Å². The predicted octanol–water partition coefficient (Wildman–Crippen LogP) is 5.46. The molecule has 0 fully saturated rings. The second-order valence-electron chi connectivity index (χ2n) is 5.81. The van der Waals surface area contributed by atoms with Crippen molar-refractivity contribution < 1.29 is 18.8 Å². The molecule has 0 spiro atoms. The van der Waals surface area contributed by atoms with Gasteiger partial charge in [-0.3, -0.25) is 14.9 Å². The van der Waals surface area contributed by atoms with Crippen molar-refractivity contribution in [3.8, 4) is 11.5 Å². The van der Waals surface area contributed by atoms with Crippen molar-refractivity contribution in [1.29, 1.82) is 0 Å². The standard InChI is InChI=1S/C19H15FN2O4S/c1-11-4-3-5-12(2)17(11)21-19(23)18-16(8-9-27-18)26-15-7-6-13(20)10-14(15)22(24)25/h3-10H,1-2H3,(H,21,23).